The molecule has 0 aliphatic heterocycles. The van der Waals surface area contributed by atoms with Crippen molar-refractivity contribution in [2.24, 2.45) is 4.99 Å². The molecule has 0 saturated heterocycles. The molecule has 1 rings (SSSR count). The van der Waals surface area contributed by atoms with Crippen molar-refractivity contribution in [1.82, 2.24) is 5.32 Å². The van der Waals surface area contributed by atoms with Crippen molar-refractivity contribution in [3.63, 3.8) is 0 Å². The van der Waals surface area contributed by atoms with Crippen molar-refractivity contribution in [1.29, 1.82) is 5.26 Å². The first kappa shape index (κ1) is 13.3. The van der Waals surface area contributed by atoms with Gasteiger partial charge in [-0.25, -0.2) is 4.99 Å². The van der Waals surface area contributed by atoms with E-state index in [0.29, 0.717) is 10.9 Å². The zero-order valence-corrected chi connectivity index (χ0v) is 9.67. The Hall–Kier alpha value is -1.81. The lowest BCUT2D eigenvalue weighted by molar-refractivity contribution is -0.0498. The minimum atomic E-state index is -2.84. The Kier molecular flexibility index (Phi) is 5.23. The molecule has 17 heavy (non-hydrogen) atoms. The summed E-state index contributed by atoms with van der Waals surface area (Å²) in [6, 6.07) is 5.81. The Balaban J connectivity index is 2.77. The third kappa shape index (κ3) is 4.70. The van der Waals surface area contributed by atoms with E-state index in [2.05, 4.69) is 15.0 Å². The topological polar surface area (TPSA) is 57.4 Å². The van der Waals surface area contributed by atoms with Gasteiger partial charge in [0.05, 0.1) is 5.69 Å². The molecule has 4 nitrogen and oxygen atoms in total. The highest BCUT2D eigenvalue weighted by Gasteiger charge is 2.03. The maximum atomic E-state index is 11.9. The Morgan fingerprint density at radius 2 is 2.12 bits per heavy atom. The minimum absolute atomic E-state index is 0.0675. The van der Waals surface area contributed by atoms with Crippen LogP contribution in [0.5, 0.6) is 5.75 Å². The molecule has 0 radical (unpaired) electrons. The summed E-state index contributed by atoms with van der Waals surface area (Å²) in [4.78, 5) is 4.09. The van der Waals surface area contributed by atoms with Gasteiger partial charge in [-0.2, -0.15) is 14.0 Å². The molecule has 7 heteroatoms. The predicted octanol–water partition coefficient (Wildman–Crippen LogP) is 2.71. The maximum Gasteiger partial charge on any atom is 0.387 e. The number of hydrogen-bond donors (Lipinski definition) is 1. The van der Waals surface area contributed by atoms with Gasteiger partial charge in [-0.05, 0) is 30.5 Å². The van der Waals surface area contributed by atoms with Crippen LogP contribution >= 0.6 is 11.8 Å². The van der Waals surface area contributed by atoms with Gasteiger partial charge >= 0.3 is 6.61 Å². The molecule has 1 N–H and O–H groups in total. The highest BCUT2D eigenvalue weighted by molar-refractivity contribution is 8.13. The molecule has 90 valence electrons. The van der Waals surface area contributed by atoms with Gasteiger partial charge in [0.1, 0.15) is 5.75 Å². The van der Waals surface area contributed by atoms with E-state index < -0.39 is 6.61 Å². The van der Waals surface area contributed by atoms with Crippen LogP contribution in [0, 0.1) is 11.5 Å². The molecule has 0 heterocycles. The third-order valence-corrected chi connectivity index (χ3v) is 2.23. The summed E-state index contributed by atoms with van der Waals surface area (Å²) in [5.74, 6) is 0.0675. The smallest absolute Gasteiger partial charge is 0.387 e. The molecule has 0 aliphatic rings. The number of alkyl halides is 2. The molecule has 1 aromatic carbocycles. The summed E-state index contributed by atoms with van der Waals surface area (Å²) in [6.45, 7) is -2.84. The first-order valence-corrected chi connectivity index (χ1v) is 5.71. The van der Waals surface area contributed by atoms with E-state index in [1.165, 1.54) is 36.0 Å². The first-order valence-electron chi connectivity index (χ1n) is 4.48. The maximum absolute atomic E-state index is 11.9. The van der Waals surface area contributed by atoms with E-state index in [1.54, 1.807) is 12.4 Å². The monoisotopic (exact) mass is 257 g/mol. The quantitative estimate of drug-likeness (QED) is 0.391. The van der Waals surface area contributed by atoms with Gasteiger partial charge in [0, 0.05) is 0 Å². The molecular weight excluding hydrogens is 248 g/mol. The van der Waals surface area contributed by atoms with Crippen LogP contribution in [0.4, 0.5) is 14.5 Å². The fraction of sp³-hybridized carbons (Fsp3) is 0.200. The number of hydrogen-bond acceptors (Lipinski definition) is 4. The predicted molar refractivity (Wildman–Crippen MR) is 62.4 cm³/mol. The van der Waals surface area contributed by atoms with Crippen LogP contribution < -0.4 is 10.1 Å². The van der Waals surface area contributed by atoms with Gasteiger partial charge in [-0.3, -0.25) is 5.32 Å². The van der Waals surface area contributed by atoms with Crippen molar-refractivity contribution in [2.45, 2.75) is 6.61 Å². The van der Waals surface area contributed by atoms with Crippen molar-refractivity contribution in [2.75, 3.05) is 6.26 Å². The number of thioether (sulfide) groups is 1. The van der Waals surface area contributed by atoms with Gasteiger partial charge in [0.15, 0.2) is 11.4 Å². The van der Waals surface area contributed by atoms with Crippen LogP contribution in [0.25, 0.3) is 0 Å². The van der Waals surface area contributed by atoms with Gasteiger partial charge in [0.2, 0.25) is 0 Å². The number of nitriles is 1. The van der Waals surface area contributed by atoms with Crippen molar-refractivity contribution >= 4 is 22.6 Å². The Labute approximate surface area is 101 Å². The third-order valence-electron chi connectivity index (χ3n) is 1.65. The fourth-order valence-corrected chi connectivity index (χ4v) is 1.34. The van der Waals surface area contributed by atoms with Crippen LogP contribution in [0.15, 0.2) is 29.3 Å². The van der Waals surface area contributed by atoms with Crippen LogP contribution in [-0.2, 0) is 0 Å². The van der Waals surface area contributed by atoms with E-state index in [-0.39, 0.29) is 5.75 Å². The van der Waals surface area contributed by atoms with Gasteiger partial charge in [0.25, 0.3) is 0 Å². The first-order chi connectivity index (χ1) is 8.15. The normalized spacial score (nSPS) is 11.1. The Morgan fingerprint density at radius 1 is 1.47 bits per heavy atom. The van der Waals surface area contributed by atoms with E-state index in [1.807, 2.05) is 0 Å². The number of ether oxygens (including phenoxy) is 1. The number of rotatable bonds is 3. The van der Waals surface area contributed by atoms with Crippen LogP contribution in [-0.4, -0.2) is 18.0 Å². The number of nitrogens with zero attached hydrogens (tertiary/aromatic N) is 2. The second-order valence-electron chi connectivity index (χ2n) is 2.73. The lowest BCUT2D eigenvalue weighted by atomic mass is 10.3. The Bertz CT molecular complexity index is 428. The van der Waals surface area contributed by atoms with E-state index in [9.17, 15) is 8.78 Å². The standard InChI is InChI=1S/C10H9F2N3OS/c1-17-10(14-6-13)15-7-2-4-8(5-3-7)16-9(11)12/h2-5,9H,1H3,(H,14,15). The molecule has 1 aromatic rings. The zero-order chi connectivity index (χ0) is 12.7. The SMILES string of the molecule is CSC(=Nc1ccc(OC(F)F)cc1)NC#N. The molecule has 0 spiro atoms. The molecule has 0 aliphatic carbocycles. The lowest BCUT2D eigenvalue weighted by Crippen LogP contribution is -2.12. The van der Waals surface area contributed by atoms with Gasteiger partial charge in [-0.1, -0.05) is 11.8 Å². The number of halogens is 2. The van der Waals surface area contributed by atoms with Crippen LogP contribution in [0.1, 0.15) is 0 Å². The molecule has 0 aromatic heterocycles. The van der Waals surface area contributed by atoms with Gasteiger partial charge < -0.3 is 4.74 Å². The highest BCUT2D eigenvalue weighted by Crippen LogP contribution is 2.20. The molecule has 0 bridgehead atoms. The average Bonchev–Trinajstić information content (AvgIpc) is 2.30. The van der Waals surface area contributed by atoms with Crippen molar-refractivity contribution in [3.05, 3.63) is 24.3 Å². The summed E-state index contributed by atoms with van der Waals surface area (Å²) in [7, 11) is 0. The van der Waals surface area contributed by atoms with Crippen LogP contribution in [0.2, 0.25) is 0 Å². The molecule has 0 saturated carbocycles. The fourth-order valence-electron chi connectivity index (χ4n) is 0.992. The van der Waals surface area contributed by atoms with Gasteiger partial charge in [-0.15, -0.1) is 0 Å². The Morgan fingerprint density at radius 3 is 2.59 bits per heavy atom. The molecule has 0 fully saturated rings. The summed E-state index contributed by atoms with van der Waals surface area (Å²) in [6.07, 6.45) is 3.51. The highest BCUT2D eigenvalue weighted by atomic mass is 32.2. The average molecular weight is 257 g/mol. The zero-order valence-electron chi connectivity index (χ0n) is 8.85. The number of aliphatic imine (C=N–C) groups is 1. The second kappa shape index (κ2) is 6.70. The van der Waals surface area contributed by atoms with Crippen molar-refractivity contribution < 1.29 is 13.5 Å². The van der Waals surface area contributed by atoms with Crippen LogP contribution in [0.3, 0.4) is 0 Å². The largest absolute Gasteiger partial charge is 0.435 e. The minimum Gasteiger partial charge on any atom is -0.435 e. The van der Waals surface area contributed by atoms with Crippen molar-refractivity contribution in [3.8, 4) is 11.9 Å². The number of amidine groups is 1. The van der Waals surface area contributed by atoms with E-state index in [0.717, 1.165) is 0 Å². The molecular formula is C10H9F2N3OS. The summed E-state index contributed by atoms with van der Waals surface area (Å²) in [5.41, 5.74) is 0.540. The molecule has 0 atom stereocenters. The number of benzene rings is 1. The second-order valence-corrected chi connectivity index (χ2v) is 3.53. The number of nitrogens with one attached hydrogen (secondary N) is 1. The molecule has 0 amide bonds. The summed E-state index contributed by atoms with van der Waals surface area (Å²) < 4.78 is 28.0. The summed E-state index contributed by atoms with van der Waals surface area (Å²) >= 11 is 1.27. The molecule has 0 unspecified atom stereocenters. The van der Waals surface area contributed by atoms with E-state index >= 15 is 0 Å². The van der Waals surface area contributed by atoms with E-state index in [4.69, 9.17) is 5.26 Å². The summed E-state index contributed by atoms with van der Waals surface area (Å²) in [5, 5.41) is 11.3. The lowest BCUT2D eigenvalue weighted by Gasteiger charge is -2.04.